The number of nitrogens with one attached hydrogen (secondary N) is 1. The Hall–Kier alpha value is -1.51. The molecule has 1 atom stereocenters. The summed E-state index contributed by atoms with van der Waals surface area (Å²) in [6.07, 6.45) is 7.09. The van der Waals surface area contributed by atoms with Crippen LogP contribution in [0.2, 0.25) is 0 Å². The molecule has 1 amide bonds. The van der Waals surface area contributed by atoms with E-state index in [-0.39, 0.29) is 11.9 Å². The number of carbonyl (C=O) groups is 1. The molecule has 122 valence electrons. The van der Waals surface area contributed by atoms with Crippen LogP contribution >= 0.6 is 0 Å². The van der Waals surface area contributed by atoms with Crippen LogP contribution in [0.4, 0.5) is 5.69 Å². The molecule has 1 aliphatic carbocycles. The minimum Gasteiger partial charge on any atom is -0.366 e. The lowest BCUT2D eigenvalue weighted by atomic mass is 9.93. The molecular weight excluding hydrogens is 272 g/mol. The Morgan fingerprint density at radius 3 is 2.59 bits per heavy atom. The number of carbonyl (C=O) groups excluding carboxylic acids is 1. The van der Waals surface area contributed by atoms with Gasteiger partial charge in [0.2, 0.25) is 5.91 Å². The van der Waals surface area contributed by atoms with Crippen LogP contribution in [0.5, 0.6) is 0 Å². The quantitative estimate of drug-likeness (QED) is 0.860. The SMILES string of the molecule is CCC(=O)NC(C)CN(c1ccccc1C)C1CCCCC1. The zero-order valence-electron chi connectivity index (χ0n) is 14.3. The lowest BCUT2D eigenvalue weighted by Gasteiger charge is -2.38. The average Bonchev–Trinajstić information content (AvgIpc) is 2.54. The van der Waals surface area contributed by atoms with Crippen molar-refractivity contribution in [2.75, 3.05) is 11.4 Å². The van der Waals surface area contributed by atoms with Crippen molar-refractivity contribution < 1.29 is 4.79 Å². The molecule has 1 aliphatic rings. The highest BCUT2D eigenvalue weighted by Crippen LogP contribution is 2.29. The number of anilines is 1. The van der Waals surface area contributed by atoms with Crippen molar-refractivity contribution in [1.29, 1.82) is 0 Å². The number of amides is 1. The Morgan fingerprint density at radius 2 is 1.95 bits per heavy atom. The molecule has 1 N–H and O–H groups in total. The third-order valence-corrected chi connectivity index (χ3v) is 4.64. The molecule has 1 aromatic rings. The molecule has 0 radical (unpaired) electrons. The van der Waals surface area contributed by atoms with E-state index < -0.39 is 0 Å². The van der Waals surface area contributed by atoms with Crippen molar-refractivity contribution in [2.24, 2.45) is 0 Å². The van der Waals surface area contributed by atoms with Crippen LogP contribution in [0.15, 0.2) is 24.3 Å². The van der Waals surface area contributed by atoms with Gasteiger partial charge >= 0.3 is 0 Å². The summed E-state index contributed by atoms with van der Waals surface area (Å²) in [6.45, 7) is 7.09. The third kappa shape index (κ3) is 4.49. The molecule has 3 heteroatoms. The van der Waals surface area contributed by atoms with E-state index >= 15 is 0 Å². The van der Waals surface area contributed by atoms with Gasteiger partial charge in [-0.2, -0.15) is 0 Å². The summed E-state index contributed by atoms with van der Waals surface area (Å²) in [5.41, 5.74) is 2.65. The highest BCUT2D eigenvalue weighted by Gasteiger charge is 2.24. The van der Waals surface area contributed by atoms with Gasteiger partial charge in [-0.3, -0.25) is 4.79 Å². The highest BCUT2D eigenvalue weighted by molar-refractivity contribution is 5.75. The summed E-state index contributed by atoms with van der Waals surface area (Å²) in [5, 5.41) is 3.11. The normalized spacial score (nSPS) is 17.0. The first-order chi connectivity index (χ1) is 10.6. The van der Waals surface area contributed by atoms with Gasteiger partial charge in [0.15, 0.2) is 0 Å². The molecule has 2 rings (SSSR count). The molecule has 3 nitrogen and oxygen atoms in total. The van der Waals surface area contributed by atoms with Crippen molar-refractivity contribution in [3.8, 4) is 0 Å². The minimum absolute atomic E-state index is 0.140. The predicted octanol–water partition coefficient (Wildman–Crippen LogP) is 4.05. The number of para-hydroxylation sites is 1. The fraction of sp³-hybridized carbons (Fsp3) is 0.632. The van der Waals surface area contributed by atoms with E-state index in [0.29, 0.717) is 12.5 Å². The Kier molecular flexibility index (Phi) is 6.29. The average molecular weight is 302 g/mol. The van der Waals surface area contributed by atoms with E-state index in [1.807, 2.05) is 6.92 Å². The van der Waals surface area contributed by atoms with E-state index in [1.165, 1.54) is 43.4 Å². The zero-order valence-corrected chi connectivity index (χ0v) is 14.3. The van der Waals surface area contributed by atoms with Crippen molar-refractivity contribution in [1.82, 2.24) is 5.32 Å². The number of rotatable bonds is 6. The maximum Gasteiger partial charge on any atom is 0.219 e. The van der Waals surface area contributed by atoms with Gasteiger partial charge in [-0.1, -0.05) is 44.4 Å². The van der Waals surface area contributed by atoms with Gasteiger partial charge in [-0.05, 0) is 38.3 Å². The van der Waals surface area contributed by atoms with Crippen LogP contribution in [0.3, 0.4) is 0 Å². The van der Waals surface area contributed by atoms with Gasteiger partial charge < -0.3 is 10.2 Å². The molecule has 0 bridgehead atoms. The van der Waals surface area contributed by atoms with Crippen molar-refractivity contribution in [3.05, 3.63) is 29.8 Å². The van der Waals surface area contributed by atoms with E-state index in [2.05, 4.69) is 48.3 Å². The van der Waals surface area contributed by atoms with Crippen molar-refractivity contribution >= 4 is 11.6 Å². The van der Waals surface area contributed by atoms with Crippen LogP contribution in [-0.2, 0) is 4.79 Å². The maximum atomic E-state index is 11.7. The van der Waals surface area contributed by atoms with E-state index in [4.69, 9.17) is 0 Å². The summed E-state index contributed by atoms with van der Waals surface area (Å²) in [4.78, 5) is 14.2. The second-order valence-corrected chi connectivity index (χ2v) is 6.55. The summed E-state index contributed by atoms with van der Waals surface area (Å²) in [7, 11) is 0. The first kappa shape index (κ1) is 16.9. The number of aryl methyl sites for hydroxylation is 1. The second-order valence-electron chi connectivity index (χ2n) is 6.55. The first-order valence-corrected chi connectivity index (χ1v) is 8.73. The molecule has 0 heterocycles. The second kappa shape index (κ2) is 8.21. The Morgan fingerprint density at radius 1 is 1.27 bits per heavy atom. The molecule has 0 saturated heterocycles. The minimum atomic E-state index is 0.140. The lowest BCUT2D eigenvalue weighted by Crippen LogP contribution is -2.47. The van der Waals surface area contributed by atoms with E-state index in [1.54, 1.807) is 0 Å². The smallest absolute Gasteiger partial charge is 0.219 e. The lowest BCUT2D eigenvalue weighted by molar-refractivity contribution is -0.121. The van der Waals surface area contributed by atoms with Crippen LogP contribution in [-0.4, -0.2) is 24.5 Å². The van der Waals surface area contributed by atoms with Gasteiger partial charge in [0.05, 0.1) is 0 Å². The summed E-state index contributed by atoms with van der Waals surface area (Å²) >= 11 is 0. The van der Waals surface area contributed by atoms with Crippen LogP contribution in [0, 0.1) is 6.92 Å². The zero-order chi connectivity index (χ0) is 15.9. The van der Waals surface area contributed by atoms with Gasteiger partial charge in [-0.15, -0.1) is 0 Å². The van der Waals surface area contributed by atoms with Crippen molar-refractivity contribution in [3.63, 3.8) is 0 Å². The Bertz CT molecular complexity index is 480. The fourth-order valence-corrected chi connectivity index (χ4v) is 3.44. The summed E-state index contributed by atoms with van der Waals surface area (Å²) < 4.78 is 0. The van der Waals surface area contributed by atoms with Crippen LogP contribution in [0.25, 0.3) is 0 Å². The molecule has 1 aromatic carbocycles. The molecule has 22 heavy (non-hydrogen) atoms. The molecule has 1 saturated carbocycles. The molecule has 1 unspecified atom stereocenters. The Labute approximate surface area is 135 Å². The predicted molar refractivity (Wildman–Crippen MR) is 93.3 cm³/mol. The largest absolute Gasteiger partial charge is 0.366 e. The summed E-state index contributed by atoms with van der Waals surface area (Å²) in [5.74, 6) is 0.140. The molecule has 1 fully saturated rings. The number of nitrogens with zero attached hydrogens (tertiary/aromatic N) is 1. The monoisotopic (exact) mass is 302 g/mol. The fourth-order valence-electron chi connectivity index (χ4n) is 3.44. The van der Waals surface area contributed by atoms with Gasteiger partial charge in [0.25, 0.3) is 0 Å². The number of hydrogen-bond donors (Lipinski definition) is 1. The van der Waals surface area contributed by atoms with Gasteiger partial charge in [0, 0.05) is 30.7 Å². The maximum absolute atomic E-state index is 11.7. The summed E-state index contributed by atoms with van der Waals surface area (Å²) in [6, 6.07) is 9.40. The molecule has 0 spiro atoms. The molecular formula is C19H30N2O. The highest BCUT2D eigenvalue weighted by atomic mass is 16.1. The topological polar surface area (TPSA) is 32.3 Å². The number of hydrogen-bond acceptors (Lipinski definition) is 2. The van der Waals surface area contributed by atoms with Gasteiger partial charge in [0.1, 0.15) is 0 Å². The van der Waals surface area contributed by atoms with Gasteiger partial charge in [-0.25, -0.2) is 0 Å². The molecule has 0 aliphatic heterocycles. The Balaban J connectivity index is 2.14. The molecule has 0 aromatic heterocycles. The van der Waals surface area contributed by atoms with Crippen molar-refractivity contribution in [2.45, 2.75) is 71.4 Å². The standard InChI is InChI=1S/C19H30N2O/c1-4-19(22)20-16(3)14-21(17-11-6-5-7-12-17)18-13-9-8-10-15(18)2/h8-10,13,16-17H,4-7,11-12,14H2,1-3H3,(H,20,22). The van der Waals surface area contributed by atoms with E-state index in [9.17, 15) is 4.79 Å². The third-order valence-electron chi connectivity index (χ3n) is 4.64. The first-order valence-electron chi connectivity index (χ1n) is 8.73. The van der Waals surface area contributed by atoms with E-state index in [0.717, 1.165) is 6.54 Å². The van der Waals surface area contributed by atoms with Crippen LogP contribution in [0.1, 0.15) is 57.9 Å². The number of benzene rings is 1. The van der Waals surface area contributed by atoms with Crippen LogP contribution < -0.4 is 10.2 Å².